The number of aryl methyl sites for hydroxylation is 2. The molecule has 0 bridgehead atoms. The fourth-order valence-corrected chi connectivity index (χ4v) is 1.45. The lowest BCUT2D eigenvalue weighted by molar-refractivity contribution is 1.09. The van der Waals surface area contributed by atoms with Crippen molar-refractivity contribution in [3.63, 3.8) is 0 Å². The molecule has 0 heterocycles. The molecule has 0 amide bonds. The molecule has 0 fully saturated rings. The van der Waals surface area contributed by atoms with E-state index in [1.54, 1.807) is 0 Å². The molecule has 0 aliphatic rings. The van der Waals surface area contributed by atoms with Crippen LogP contribution in [0.2, 0.25) is 0 Å². The van der Waals surface area contributed by atoms with Gasteiger partial charge >= 0.3 is 0 Å². The summed E-state index contributed by atoms with van der Waals surface area (Å²) in [6.45, 7) is 12.7. The van der Waals surface area contributed by atoms with Crippen LogP contribution in [-0.4, -0.2) is 0 Å². The molecule has 174 valence electrons. The second kappa shape index (κ2) is 37.4. The summed E-state index contributed by atoms with van der Waals surface area (Å²) < 4.78 is 0. The SMILES string of the molecule is C.C.C.C.CCC.CCC.Cc1ccccc1.Cc1ccccc1.c1ccccc1. The first kappa shape index (κ1) is 41.9. The van der Waals surface area contributed by atoms with Crippen LogP contribution >= 0.6 is 0 Å². The van der Waals surface area contributed by atoms with E-state index in [0.29, 0.717) is 0 Å². The highest BCUT2D eigenvalue weighted by atomic mass is 13.8. The van der Waals surface area contributed by atoms with E-state index in [0.717, 1.165) is 0 Å². The zero-order valence-corrected chi connectivity index (χ0v) is 17.7. The molecule has 0 aliphatic heterocycles. The van der Waals surface area contributed by atoms with Gasteiger partial charge in [0, 0.05) is 0 Å². The van der Waals surface area contributed by atoms with E-state index in [9.17, 15) is 0 Å². The van der Waals surface area contributed by atoms with Crippen molar-refractivity contribution in [3.05, 3.63) is 108 Å². The van der Waals surface area contributed by atoms with Gasteiger partial charge in [0.25, 0.3) is 0 Å². The van der Waals surface area contributed by atoms with E-state index in [1.165, 1.54) is 24.0 Å². The van der Waals surface area contributed by atoms with Crippen molar-refractivity contribution in [3.8, 4) is 0 Å². The van der Waals surface area contributed by atoms with Gasteiger partial charge in [-0.1, -0.05) is 178 Å². The second-order valence-corrected chi connectivity index (χ2v) is 5.88. The molecule has 0 saturated carbocycles. The van der Waals surface area contributed by atoms with Crippen LogP contribution in [0.4, 0.5) is 0 Å². The van der Waals surface area contributed by atoms with Gasteiger partial charge in [-0.25, -0.2) is 0 Å². The third kappa shape index (κ3) is 40.4. The summed E-state index contributed by atoms with van der Waals surface area (Å²) in [5.74, 6) is 0. The number of hydrogen-bond donors (Lipinski definition) is 0. The quantitative estimate of drug-likeness (QED) is 0.343. The minimum Gasteiger partial charge on any atom is -0.0776 e. The predicted octanol–water partition coefficient (Wildman–Crippen LogP) is 11.1. The first-order chi connectivity index (χ1) is 12.6. The van der Waals surface area contributed by atoms with E-state index >= 15 is 0 Å². The highest BCUT2D eigenvalue weighted by Gasteiger charge is 1.72. The van der Waals surface area contributed by atoms with Gasteiger partial charge in [0.05, 0.1) is 0 Å². The standard InChI is InChI=1S/2C7H8.C6H6.2C3H8.4CH4/c2*1-7-5-3-2-4-6-7;1-2-4-6-5-3-1;2*1-3-2;;;;/h2*2-6H,1H3;1-6H;2*3H2,1-2H3;4*1H4. The van der Waals surface area contributed by atoms with Crippen molar-refractivity contribution in [2.24, 2.45) is 0 Å². The van der Waals surface area contributed by atoms with Crippen LogP contribution in [0.15, 0.2) is 97.1 Å². The summed E-state index contributed by atoms with van der Waals surface area (Å²) in [5.41, 5.74) is 2.64. The molecule has 0 heteroatoms. The minimum absolute atomic E-state index is 0. The molecule has 0 spiro atoms. The van der Waals surface area contributed by atoms with Crippen molar-refractivity contribution < 1.29 is 0 Å². The van der Waals surface area contributed by atoms with Crippen LogP contribution in [0.5, 0.6) is 0 Å². The summed E-state index contributed by atoms with van der Waals surface area (Å²) >= 11 is 0. The second-order valence-electron chi connectivity index (χ2n) is 5.88. The Morgan fingerprint density at radius 1 is 0.367 bits per heavy atom. The molecule has 3 rings (SSSR count). The van der Waals surface area contributed by atoms with Gasteiger partial charge in [-0.05, 0) is 13.8 Å². The monoisotopic (exact) mass is 414 g/mol. The van der Waals surface area contributed by atoms with Gasteiger partial charge in [0.15, 0.2) is 0 Å². The Bertz CT molecular complexity index is 490. The van der Waals surface area contributed by atoms with Gasteiger partial charge in [0.2, 0.25) is 0 Å². The highest BCUT2D eigenvalue weighted by molar-refractivity contribution is 5.12. The maximum Gasteiger partial charge on any atom is -0.0398 e. The Balaban J connectivity index is -0.0000000604. The molecule has 0 aliphatic carbocycles. The van der Waals surface area contributed by atoms with E-state index in [1.807, 2.05) is 72.8 Å². The predicted molar refractivity (Wildman–Crippen MR) is 148 cm³/mol. The summed E-state index contributed by atoms with van der Waals surface area (Å²) in [7, 11) is 0. The average molecular weight is 415 g/mol. The van der Waals surface area contributed by atoms with Gasteiger partial charge in [0.1, 0.15) is 0 Å². The number of hydrogen-bond acceptors (Lipinski definition) is 0. The van der Waals surface area contributed by atoms with Crippen LogP contribution in [0.25, 0.3) is 0 Å². The molecular weight excluding hydrogens is 360 g/mol. The van der Waals surface area contributed by atoms with Gasteiger partial charge < -0.3 is 0 Å². The third-order valence-electron chi connectivity index (χ3n) is 2.55. The molecule has 0 atom stereocenters. The molecule has 0 radical (unpaired) electrons. The first-order valence-electron chi connectivity index (χ1n) is 9.65. The lowest BCUT2D eigenvalue weighted by Gasteiger charge is -1.82. The fraction of sp³-hybridized carbons (Fsp3) is 0.400. The van der Waals surface area contributed by atoms with Gasteiger partial charge in [-0.15, -0.1) is 0 Å². The van der Waals surface area contributed by atoms with Crippen molar-refractivity contribution >= 4 is 0 Å². The summed E-state index contributed by atoms with van der Waals surface area (Å²) in [5, 5.41) is 0. The van der Waals surface area contributed by atoms with E-state index in [2.05, 4.69) is 65.8 Å². The molecule has 0 saturated heterocycles. The Labute approximate surface area is 192 Å². The molecular formula is C30H54. The lowest BCUT2D eigenvalue weighted by Crippen LogP contribution is -1.62. The maximum atomic E-state index is 2.12. The smallest absolute Gasteiger partial charge is 0.0398 e. The van der Waals surface area contributed by atoms with Crippen molar-refractivity contribution in [2.75, 3.05) is 0 Å². The van der Waals surface area contributed by atoms with Gasteiger partial charge in [-0.3, -0.25) is 0 Å². The summed E-state index contributed by atoms with van der Waals surface area (Å²) in [4.78, 5) is 0. The molecule has 0 N–H and O–H groups in total. The van der Waals surface area contributed by atoms with E-state index in [4.69, 9.17) is 0 Å². The molecule has 0 aromatic heterocycles. The zero-order valence-electron chi connectivity index (χ0n) is 17.7. The van der Waals surface area contributed by atoms with Crippen molar-refractivity contribution in [1.29, 1.82) is 0 Å². The Kier molecular flexibility index (Phi) is 52.3. The van der Waals surface area contributed by atoms with Crippen LogP contribution in [-0.2, 0) is 0 Å². The lowest BCUT2D eigenvalue weighted by atomic mass is 10.2. The topological polar surface area (TPSA) is 0 Å². The summed E-state index contributed by atoms with van der Waals surface area (Å²) in [6, 6.07) is 32.5. The zero-order chi connectivity index (χ0) is 19.9. The van der Waals surface area contributed by atoms with Crippen molar-refractivity contribution in [1.82, 2.24) is 0 Å². The van der Waals surface area contributed by atoms with E-state index < -0.39 is 0 Å². The van der Waals surface area contributed by atoms with Crippen molar-refractivity contribution in [2.45, 2.75) is 84.1 Å². The van der Waals surface area contributed by atoms with Crippen LogP contribution in [0, 0.1) is 13.8 Å². The Morgan fingerprint density at radius 2 is 0.500 bits per heavy atom. The third-order valence-corrected chi connectivity index (χ3v) is 2.55. The maximum absolute atomic E-state index is 2.12. The number of benzene rings is 3. The number of rotatable bonds is 0. The molecule has 0 nitrogen and oxygen atoms in total. The highest BCUT2D eigenvalue weighted by Crippen LogP contribution is 1.92. The Hall–Kier alpha value is -2.34. The molecule has 0 unspecified atom stereocenters. The normalized spacial score (nSPS) is 6.87. The molecule has 3 aromatic rings. The largest absolute Gasteiger partial charge is 0.0776 e. The van der Waals surface area contributed by atoms with Crippen LogP contribution < -0.4 is 0 Å². The molecule has 30 heavy (non-hydrogen) atoms. The van der Waals surface area contributed by atoms with E-state index in [-0.39, 0.29) is 29.7 Å². The van der Waals surface area contributed by atoms with Crippen LogP contribution in [0.1, 0.15) is 81.4 Å². The Morgan fingerprint density at radius 3 is 0.600 bits per heavy atom. The summed E-state index contributed by atoms with van der Waals surface area (Å²) in [6.07, 6.45) is 2.50. The minimum atomic E-state index is 0. The molecule has 3 aromatic carbocycles. The van der Waals surface area contributed by atoms with Gasteiger partial charge in [-0.2, -0.15) is 0 Å². The van der Waals surface area contributed by atoms with Crippen LogP contribution in [0.3, 0.4) is 0 Å². The fourth-order valence-electron chi connectivity index (χ4n) is 1.45. The average Bonchev–Trinajstić information content (AvgIpc) is 2.67. The first-order valence-corrected chi connectivity index (χ1v) is 9.65.